The van der Waals surface area contributed by atoms with Crippen molar-refractivity contribution in [1.29, 1.82) is 5.26 Å². The third kappa shape index (κ3) is 6.49. The van der Waals surface area contributed by atoms with Crippen molar-refractivity contribution < 1.29 is 4.79 Å². The Morgan fingerprint density at radius 1 is 1.16 bits per heavy atom. The molecule has 1 aliphatic rings. The maximum absolute atomic E-state index is 12.2. The average Bonchev–Trinajstić information content (AvgIpc) is 2.80. The number of rotatable bonds is 6. The maximum Gasteiger partial charge on any atom is 0.234 e. The van der Waals surface area contributed by atoms with Gasteiger partial charge in [0.15, 0.2) is 0 Å². The summed E-state index contributed by atoms with van der Waals surface area (Å²) in [5.41, 5.74) is 1.80. The van der Waals surface area contributed by atoms with Crippen molar-refractivity contribution in [1.82, 2.24) is 15.1 Å². The molecule has 25 heavy (non-hydrogen) atoms. The number of benzene rings is 1. The zero-order chi connectivity index (χ0) is 18.3. The Kier molecular flexibility index (Phi) is 6.98. The van der Waals surface area contributed by atoms with Gasteiger partial charge in [0.05, 0.1) is 18.2 Å². The van der Waals surface area contributed by atoms with Gasteiger partial charge >= 0.3 is 0 Å². The highest BCUT2D eigenvalue weighted by Gasteiger charge is 2.21. The molecule has 0 unspecified atom stereocenters. The minimum Gasteiger partial charge on any atom is -0.350 e. The summed E-state index contributed by atoms with van der Waals surface area (Å²) >= 11 is 0. The molecule has 1 fully saturated rings. The minimum absolute atomic E-state index is 0.118. The smallest absolute Gasteiger partial charge is 0.234 e. The van der Waals surface area contributed by atoms with Gasteiger partial charge in [-0.2, -0.15) is 5.26 Å². The molecule has 1 aliphatic heterocycles. The predicted molar refractivity (Wildman–Crippen MR) is 100 cm³/mol. The second kappa shape index (κ2) is 8.98. The summed E-state index contributed by atoms with van der Waals surface area (Å²) in [5, 5.41) is 12.0. The van der Waals surface area contributed by atoms with Crippen molar-refractivity contribution in [2.24, 2.45) is 0 Å². The third-order valence-corrected chi connectivity index (χ3v) is 4.90. The number of hydrogen-bond donors (Lipinski definition) is 1. The highest BCUT2D eigenvalue weighted by molar-refractivity contribution is 5.78. The highest BCUT2D eigenvalue weighted by atomic mass is 16.2. The number of nitrogens with one attached hydrogen (secondary N) is 1. The summed E-state index contributed by atoms with van der Waals surface area (Å²) in [4.78, 5) is 16.9. The van der Waals surface area contributed by atoms with Gasteiger partial charge in [-0.25, -0.2) is 0 Å². The Morgan fingerprint density at radius 3 is 2.44 bits per heavy atom. The Morgan fingerprint density at radius 2 is 1.80 bits per heavy atom. The van der Waals surface area contributed by atoms with Gasteiger partial charge in [0.25, 0.3) is 0 Å². The molecule has 1 N–H and O–H groups in total. The summed E-state index contributed by atoms with van der Waals surface area (Å²) in [6.07, 6.45) is 2.00. The first-order valence-corrected chi connectivity index (χ1v) is 9.16. The number of amides is 1. The quantitative estimate of drug-likeness (QED) is 0.862. The van der Waals surface area contributed by atoms with E-state index in [9.17, 15) is 4.79 Å². The molecule has 0 atom stereocenters. The molecular weight excluding hydrogens is 312 g/mol. The lowest BCUT2D eigenvalue weighted by Gasteiger charge is -2.27. The average molecular weight is 342 g/mol. The van der Waals surface area contributed by atoms with Gasteiger partial charge in [-0.15, -0.1) is 0 Å². The van der Waals surface area contributed by atoms with Crippen LogP contribution in [0.15, 0.2) is 24.3 Å². The van der Waals surface area contributed by atoms with Gasteiger partial charge in [-0.3, -0.25) is 14.6 Å². The molecule has 1 saturated heterocycles. The minimum atomic E-state index is -0.134. The molecular formula is C20H30N4O. The van der Waals surface area contributed by atoms with Gasteiger partial charge < -0.3 is 5.32 Å². The Hall–Kier alpha value is -1.90. The largest absolute Gasteiger partial charge is 0.350 e. The topological polar surface area (TPSA) is 59.4 Å². The molecule has 2 rings (SSSR count). The molecule has 0 saturated carbocycles. The number of hydrogen-bond acceptors (Lipinski definition) is 4. The van der Waals surface area contributed by atoms with Crippen molar-refractivity contribution in [2.75, 3.05) is 32.7 Å². The SMILES string of the molecule is CCC(C)(C)NC(=O)CN1CCCN(Cc2ccc(C#N)cc2)CC1. The van der Waals surface area contributed by atoms with Crippen LogP contribution in [0.25, 0.3) is 0 Å². The fourth-order valence-electron chi connectivity index (χ4n) is 2.99. The molecule has 136 valence electrons. The van der Waals surface area contributed by atoms with Crippen molar-refractivity contribution in [3.8, 4) is 6.07 Å². The van der Waals surface area contributed by atoms with E-state index in [2.05, 4.69) is 42.0 Å². The van der Waals surface area contributed by atoms with Crippen molar-refractivity contribution in [3.05, 3.63) is 35.4 Å². The summed E-state index contributed by atoms with van der Waals surface area (Å²) in [5.74, 6) is 0.118. The number of carbonyl (C=O) groups excluding carboxylic acids is 1. The second-order valence-electron chi connectivity index (χ2n) is 7.50. The van der Waals surface area contributed by atoms with E-state index in [1.54, 1.807) is 0 Å². The fourth-order valence-corrected chi connectivity index (χ4v) is 2.99. The van der Waals surface area contributed by atoms with E-state index in [0.717, 1.165) is 45.6 Å². The zero-order valence-corrected chi connectivity index (χ0v) is 15.7. The van der Waals surface area contributed by atoms with Gasteiger partial charge in [0.2, 0.25) is 5.91 Å². The standard InChI is InChI=1S/C20H30N4O/c1-4-20(2,3)22-19(25)16-24-11-5-10-23(12-13-24)15-18-8-6-17(14-21)7-9-18/h6-9H,4-5,10-13,15-16H2,1-3H3,(H,22,25). The van der Waals surface area contributed by atoms with E-state index >= 15 is 0 Å². The highest BCUT2D eigenvalue weighted by Crippen LogP contribution is 2.11. The molecule has 5 heteroatoms. The summed E-state index contributed by atoms with van der Waals surface area (Å²) in [6, 6.07) is 9.96. The van der Waals surface area contributed by atoms with Gasteiger partial charge in [0, 0.05) is 25.2 Å². The zero-order valence-electron chi connectivity index (χ0n) is 15.7. The maximum atomic E-state index is 12.2. The Labute approximate surface area is 151 Å². The second-order valence-corrected chi connectivity index (χ2v) is 7.50. The van der Waals surface area contributed by atoms with Crippen LogP contribution in [0.3, 0.4) is 0 Å². The number of nitriles is 1. The van der Waals surface area contributed by atoms with E-state index in [0.29, 0.717) is 12.1 Å². The van der Waals surface area contributed by atoms with Crippen LogP contribution in [-0.4, -0.2) is 54.0 Å². The molecule has 1 aromatic rings. The van der Waals surface area contributed by atoms with E-state index in [1.807, 2.05) is 24.3 Å². The molecule has 0 radical (unpaired) electrons. The van der Waals surface area contributed by atoms with Crippen molar-refractivity contribution in [3.63, 3.8) is 0 Å². The fraction of sp³-hybridized carbons (Fsp3) is 0.600. The lowest BCUT2D eigenvalue weighted by molar-refractivity contribution is -0.123. The molecule has 0 bridgehead atoms. The molecule has 1 aromatic carbocycles. The van der Waals surface area contributed by atoms with Crippen molar-refractivity contribution >= 4 is 5.91 Å². The van der Waals surface area contributed by atoms with Crippen LogP contribution in [0, 0.1) is 11.3 Å². The summed E-state index contributed by atoms with van der Waals surface area (Å²) in [7, 11) is 0. The molecule has 1 heterocycles. The summed E-state index contributed by atoms with van der Waals surface area (Å²) < 4.78 is 0. The summed E-state index contributed by atoms with van der Waals surface area (Å²) in [6.45, 7) is 11.5. The molecule has 0 aromatic heterocycles. The monoisotopic (exact) mass is 342 g/mol. The van der Waals surface area contributed by atoms with Gasteiger partial charge in [0.1, 0.15) is 0 Å². The van der Waals surface area contributed by atoms with Crippen LogP contribution < -0.4 is 5.32 Å². The first-order valence-electron chi connectivity index (χ1n) is 9.16. The molecule has 5 nitrogen and oxygen atoms in total. The van der Waals surface area contributed by atoms with Crippen LogP contribution >= 0.6 is 0 Å². The van der Waals surface area contributed by atoms with E-state index in [-0.39, 0.29) is 11.4 Å². The first-order chi connectivity index (χ1) is 11.9. The van der Waals surface area contributed by atoms with Crippen LogP contribution in [-0.2, 0) is 11.3 Å². The van der Waals surface area contributed by atoms with E-state index in [1.165, 1.54) is 5.56 Å². The third-order valence-electron chi connectivity index (χ3n) is 4.90. The normalized spacial score (nSPS) is 16.9. The molecule has 0 spiro atoms. The lowest BCUT2D eigenvalue weighted by atomic mass is 10.0. The van der Waals surface area contributed by atoms with E-state index in [4.69, 9.17) is 5.26 Å². The van der Waals surface area contributed by atoms with Crippen molar-refractivity contribution in [2.45, 2.75) is 45.7 Å². The number of nitrogens with zero attached hydrogens (tertiary/aromatic N) is 3. The predicted octanol–water partition coefficient (Wildman–Crippen LogP) is 2.37. The van der Waals surface area contributed by atoms with Crippen LogP contribution in [0.2, 0.25) is 0 Å². The molecule has 1 amide bonds. The Bertz CT molecular complexity index is 603. The van der Waals surface area contributed by atoms with Crippen LogP contribution in [0.4, 0.5) is 0 Å². The van der Waals surface area contributed by atoms with Gasteiger partial charge in [-0.05, 0) is 57.5 Å². The molecule has 0 aliphatic carbocycles. The lowest BCUT2D eigenvalue weighted by Crippen LogP contribution is -2.47. The first kappa shape index (κ1) is 19.4. The van der Waals surface area contributed by atoms with Crippen LogP contribution in [0.5, 0.6) is 0 Å². The van der Waals surface area contributed by atoms with E-state index < -0.39 is 0 Å². The van der Waals surface area contributed by atoms with Gasteiger partial charge in [-0.1, -0.05) is 19.1 Å². The van der Waals surface area contributed by atoms with Crippen LogP contribution in [0.1, 0.15) is 44.7 Å². The Balaban J connectivity index is 1.81. The number of carbonyl (C=O) groups is 1.